The largest absolute Gasteiger partial charge is 0.345 e. The molecule has 9 heteroatoms. The van der Waals surface area contributed by atoms with E-state index in [0.717, 1.165) is 0 Å². The van der Waals surface area contributed by atoms with Crippen molar-refractivity contribution in [3.8, 4) is 0 Å². The monoisotopic (exact) mass is 281 g/mol. The molecule has 0 aliphatic rings. The lowest BCUT2D eigenvalue weighted by Crippen LogP contribution is -2.24. The summed E-state index contributed by atoms with van der Waals surface area (Å²) in [7, 11) is 0. The molecule has 1 heterocycles. The molecule has 8 nitrogen and oxygen atoms in total. The number of nitro benzene ring substituents is 1. The van der Waals surface area contributed by atoms with Gasteiger partial charge in [-0.1, -0.05) is 17.7 Å². The molecule has 0 bridgehead atoms. The Balaban J connectivity index is 2.19. The van der Waals surface area contributed by atoms with Gasteiger partial charge in [0, 0.05) is 0 Å². The summed E-state index contributed by atoms with van der Waals surface area (Å²) >= 11 is 5.72. The number of nitro groups is 1. The van der Waals surface area contributed by atoms with Crippen molar-refractivity contribution in [2.75, 3.05) is 0 Å². The first-order valence-corrected chi connectivity index (χ1v) is 5.52. The summed E-state index contributed by atoms with van der Waals surface area (Å²) in [5.41, 5.74) is -0.517. The average molecular weight is 282 g/mol. The Kier molecular flexibility index (Phi) is 3.71. The van der Waals surface area contributed by atoms with E-state index in [1.807, 2.05) is 0 Å². The van der Waals surface area contributed by atoms with Crippen LogP contribution in [0.15, 0.2) is 24.5 Å². The van der Waals surface area contributed by atoms with Crippen LogP contribution in [0.4, 0.5) is 5.69 Å². The molecule has 2 rings (SSSR count). The minimum atomic E-state index is -0.689. The van der Waals surface area contributed by atoms with Crippen LogP contribution in [0, 0.1) is 10.1 Å². The van der Waals surface area contributed by atoms with Crippen molar-refractivity contribution in [1.82, 2.24) is 20.5 Å². The number of nitrogens with one attached hydrogen (secondary N) is 2. The topological polar surface area (TPSA) is 114 Å². The molecule has 1 aromatic heterocycles. The maximum absolute atomic E-state index is 11.9. The first kappa shape index (κ1) is 13.0. The van der Waals surface area contributed by atoms with Crippen LogP contribution >= 0.6 is 11.6 Å². The van der Waals surface area contributed by atoms with Crippen molar-refractivity contribution < 1.29 is 9.72 Å². The Morgan fingerprint density at radius 1 is 1.53 bits per heavy atom. The van der Waals surface area contributed by atoms with Gasteiger partial charge >= 0.3 is 5.69 Å². The van der Waals surface area contributed by atoms with E-state index in [1.165, 1.54) is 24.5 Å². The smallest absolute Gasteiger partial charge is 0.300 e. The third-order valence-electron chi connectivity index (χ3n) is 2.30. The molecule has 0 fully saturated rings. The van der Waals surface area contributed by atoms with Crippen LogP contribution in [0.3, 0.4) is 0 Å². The summed E-state index contributed by atoms with van der Waals surface area (Å²) in [6.45, 7) is 0.0858. The van der Waals surface area contributed by atoms with E-state index in [0.29, 0.717) is 5.82 Å². The van der Waals surface area contributed by atoms with Crippen LogP contribution in [0.5, 0.6) is 0 Å². The summed E-state index contributed by atoms with van der Waals surface area (Å²) in [5.74, 6) is -0.163. The molecule has 2 N–H and O–H groups in total. The standard InChI is InChI=1S/C10H8ClN5O3/c11-7-3-1-2-6(9(7)16(18)19)10(17)12-4-8-13-5-14-15-8/h1-3,5H,4H2,(H,12,17)(H,13,14,15). The first-order valence-electron chi connectivity index (χ1n) is 5.15. The van der Waals surface area contributed by atoms with Crippen molar-refractivity contribution in [1.29, 1.82) is 0 Å². The first-order chi connectivity index (χ1) is 9.09. The minimum absolute atomic E-state index is 0.0858. The normalized spacial score (nSPS) is 10.2. The molecule has 0 atom stereocenters. The zero-order valence-corrected chi connectivity index (χ0v) is 10.2. The molecule has 1 aromatic carbocycles. The number of H-pyrrole nitrogens is 1. The highest BCUT2D eigenvalue weighted by atomic mass is 35.5. The maximum atomic E-state index is 11.9. The summed E-state index contributed by atoms with van der Waals surface area (Å²) in [4.78, 5) is 25.9. The number of amides is 1. The Hall–Kier alpha value is -2.48. The van der Waals surface area contributed by atoms with Crippen molar-refractivity contribution in [2.45, 2.75) is 6.54 Å². The third kappa shape index (κ3) is 2.86. The second kappa shape index (κ2) is 5.44. The fourth-order valence-corrected chi connectivity index (χ4v) is 1.70. The van der Waals surface area contributed by atoms with E-state index >= 15 is 0 Å². The molecule has 1 amide bonds. The SMILES string of the molecule is O=C(NCc1ncn[nH]1)c1cccc(Cl)c1[N+](=O)[O-]. The van der Waals surface area contributed by atoms with E-state index in [-0.39, 0.29) is 17.1 Å². The highest BCUT2D eigenvalue weighted by Gasteiger charge is 2.23. The van der Waals surface area contributed by atoms with Gasteiger partial charge < -0.3 is 5.32 Å². The van der Waals surface area contributed by atoms with Gasteiger partial charge in [-0.25, -0.2) is 4.98 Å². The number of halogens is 1. The minimum Gasteiger partial charge on any atom is -0.345 e. The number of para-hydroxylation sites is 1. The second-order valence-electron chi connectivity index (χ2n) is 3.51. The van der Waals surface area contributed by atoms with Gasteiger partial charge in [-0.05, 0) is 12.1 Å². The molecule has 0 radical (unpaired) electrons. The summed E-state index contributed by atoms with van der Waals surface area (Å²) in [5, 5.41) is 19.5. The number of aromatic amines is 1. The molecule has 0 aliphatic heterocycles. The van der Waals surface area contributed by atoms with Gasteiger partial charge in [0.15, 0.2) is 0 Å². The summed E-state index contributed by atoms with van der Waals surface area (Å²) in [6, 6.07) is 4.16. The fraction of sp³-hybridized carbons (Fsp3) is 0.100. The van der Waals surface area contributed by atoms with E-state index in [2.05, 4.69) is 20.5 Å². The van der Waals surface area contributed by atoms with Crippen LogP contribution < -0.4 is 5.32 Å². The zero-order chi connectivity index (χ0) is 13.8. The molecule has 0 spiro atoms. The highest BCUT2D eigenvalue weighted by Crippen LogP contribution is 2.27. The number of nitrogens with zero attached hydrogens (tertiary/aromatic N) is 3. The van der Waals surface area contributed by atoms with Crippen molar-refractivity contribution in [3.05, 3.63) is 51.1 Å². The van der Waals surface area contributed by atoms with Gasteiger partial charge in [-0.15, -0.1) is 0 Å². The van der Waals surface area contributed by atoms with Gasteiger partial charge in [0.25, 0.3) is 5.91 Å². The number of aromatic nitrogens is 3. The van der Waals surface area contributed by atoms with Crippen LogP contribution in [0.25, 0.3) is 0 Å². The summed E-state index contributed by atoms with van der Waals surface area (Å²) < 4.78 is 0. The number of carbonyl (C=O) groups excluding carboxylic acids is 1. The van der Waals surface area contributed by atoms with Crippen molar-refractivity contribution in [3.63, 3.8) is 0 Å². The molecule has 0 saturated carbocycles. The van der Waals surface area contributed by atoms with Crippen LogP contribution in [-0.4, -0.2) is 26.0 Å². The molecule has 2 aromatic rings. The Morgan fingerprint density at radius 2 is 2.32 bits per heavy atom. The lowest BCUT2D eigenvalue weighted by molar-refractivity contribution is -0.385. The lowest BCUT2D eigenvalue weighted by atomic mass is 10.1. The van der Waals surface area contributed by atoms with E-state index in [4.69, 9.17) is 11.6 Å². The van der Waals surface area contributed by atoms with E-state index in [1.54, 1.807) is 0 Å². The maximum Gasteiger partial charge on any atom is 0.300 e. The highest BCUT2D eigenvalue weighted by molar-refractivity contribution is 6.33. The third-order valence-corrected chi connectivity index (χ3v) is 2.60. The number of hydrogen-bond acceptors (Lipinski definition) is 5. The van der Waals surface area contributed by atoms with Gasteiger partial charge in [0.05, 0.1) is 11.5 Å². The molecule has 98 valence electrons. The van der Waals surface area contributed by atoms with Gasteiger partial charge in [0.1, 0.15) is 22.7 Å². The number of hydrogen-bond donors (Lipinski definition) is 2. The Morgan fingerprint density at radius 3 is 2.95 bits per heavy atom. The molecule has 0 aliphatic carbocycles. The fourth-order valence-electron chi connectivity index (χ4n) is 1.46. The van der Waals surface area contributed by atoms with Gasteiger partial charge in [-0.2, -0.15) is 5.10 Å². The quantitative estimate of drug-likeness (QED) is 0.647. The van der Waals surface area contributed by atoms with Crippen LogP contribution in [-0.2, 0) is 6.54 Å². The molecule has 0 saturated heterocycles. The Bertz CT molecular complexity index is 614. The van der Waals surface area contributed by atoms with Gasteiger partial charge in [0.2, 0.25) is 0 Å². The van der Waals surface area contributed by atoms with Crippen LogP contribution in [0.1, 0.15) is 16.2 Å². The number of rotatable bonds is 4. The predicted molar refractivity (Wildman–Crippen MR) is 65.7 cm³/mol. The van der Waals surface area contributed by atoms with E-state index < -0.39 is 16.5 Å². The predicted octanol–water partition coefficient (Wildman–Crippen LogP) is 1.30. The molecule has 19 heavy (non-hydrogen) atoms. The Labute approximate surface area is 112 Å². The lowest BCUT2D eigenvalue weighted by Gasteiger charge is -2.05. The molecular weight excluding hydrogens is 274 g/mol. The van der Waals surface area contributed by atoms with E-state index in [9.17, 15) is 14.9 Å². The van der Waals surface area contributed by atoms with Crippen molar-refractivity contribution >= 4 is 23.2 Å². The number of benzene rings is 1. The molecular formula is C10H8ClN5O3. The summed E-state index contributed by atoms with van der Waals surface area (Å²) in [6.07, 6.45) is 1.29. The van der Waals surface area contributed by atoms with Crippen molar-refractivity contribution in [2.24, 2.45) is 0 Å². The second-order valence-corrected chi connectivity index (χ2v) is 3.92. The number of carbonyl (C=O) groups is 1. The molecule has 0 unspecified atom stereocenters. The van der Waals surface area contributed by atoms with Crippen LogP contribution in [0.2, 0.25) is 5.02 Å². The van der Waals surface area contributed by atoms with Gasteiger partial charge in [-0.3, -0.25) is 20.0 Å². The zero-order valence-electron chi connectivity index (χ0n) is 9.46. The average Bonchev–Trinajstić information content (AvgIpc) is 2.88.